The standard InChI is InChI=1S/C16H13ClO6/c17-12-5-9(6-14-15(12)22-4-3-21-14)8-23-16(20)11-2-1-10(18)7-13(11)19/h1-2,5-7,18-19H,3-4,8H2. The molecular formula is C16H13ClO6. The molecule has 0 bridgehead atoms. The van der Waals surface area contributed by atoms with E-state index in [2.05, 4.69) is 0 Å². The number of aromatic hydroxyl groups is 2. The minimum atomic E-state index is -0.714. The molecule has 6 nitrogen and oxygen atoms in total. The number of fused-ring (bicyclic) bond motifs is 1. The molecule has 3 rings (SSSR count). The van der Waals surface area contributed by atoms with E-state index in [0.717, 1.165) is 6.07 Å². The van der Waals surface area contributed by atoms with Crippen molar-refractivity contribution >= 4 is 17.6 Å². The Morgan fingerprint density at radius 3 is 2.74 bits per heavy atom. The highest BCUT2D eigenvalue weighted by Gasteiger charge is 2.18. The van der Waals surface area contributed by atoms with Crippen molar-refractivity contribution in [1.82, 2.24) is 0 Å². The van der Waals surface area contributed by atoms with Gasteiger partial charge in [0.25, 0.3) is 0 Å². The first kappa shape index (κ1) is 15.3. The third kappa shape index (κ3) is 3.27. The molecule has 1 heterocycles. The van der Waals surface area contributed by atoms with Gasteiger partial charge in [0.05, 0.1) is 5.02 Å². The van der Waals surface area contributed by atoms with E-state index in [1.807, 2.05) is 0 Å². The number of hydrogen-bond donors (Lipinski definition) is 2. The van der Waals surface area contributed by atoms with Gasteiger partial charge in [0.15, 0.2) is 11.5 Å². The van der Waals surface area contributed by atoms with Gasteiger partial charge in [-0.3, -0.25) is 0 Å². The number of benzene rings is 2. The summed E-state index contributed by atoms with van der Waals surface area (Å²) in [7, 11) is 0. The molecule has 0 aromatic heterocycles. The van der Waals surface area contributed by atoms with Crippen LogP contribution in [0.2, 0.25) is 5.02 Å². The molecule has 1 aliphatic heterocycles. The third-order valence-electron chi connectivity index (χ3n) is 3.23. The number of phenolic OH excluding ortho intramolecular Hbond substituents is 2. The molecule has 2 aromatic carbocycles. The van der Waals surface area contributed by atoms with Gasteiger partial charge in [-0.05, 0) is 29.8 Å². The van der Waals surface area contributed by atoms with Crippen molar-refractivity contribution in [3.63, 3.8) is 0 Å². The maximum absolute atomic E-state index is 12.0. The zero-order valence-electron chi connectivity index (χ0n) is 11.9. The van der Waals surface area contributed by atoms with Crippen LogP contribution in [0.3, 0.4) is 0 Å². The van der Waals surface area contributed by atoms with E-state index in [-0.39, 0.29) is 23.7 Å². The molecule has 0 spiro atoms. The number of halogens is 1. The van der Waals surface area contributed by atoms with Crippen molar-refractivity contribution in [1.29, 1.82) is 0 Å². The van der Waals surface area contributed by atoms with E-state index in [9.17, 15) is 15.0 Å². The first-order chi connectivity index (χ1) is 11.0. The van der Waals surface area contributed by atoms with E-state index in [0.29, 0.717) is 35.3 Å². The largest absolute Gasteiger partial charge is 0.508 e. The highest BCUT2D eigenvalue weighted by molar-refractivity contribution is 6.32. The minimum Gasteiger partial charge on any atom is -0.508 e. The fourth-order valence-corrected chi connectivity index (χ4v) is 2.45. The van der Waals surface area contributed by atoms with Crippen molar-refractivity contribution in [2.75, 3.05) is 13.2 Å². The topological polar surface area (TPSA) is 85.2 Å². The summed E-state index contributed by atoms with van der Waals surface area (Å²) in [5.74, 6) is -0.229. The fourth-order valence-electron chi connectivity index (χ4n) is 2.17. The Kier molecular flexibility index (Phi) is 4.16. The van der Waals surface area contributed by atoms with Crippen LogP contribution in [0.5, 0.6) is 23.0 Å². The maximum atomic E-state index is 12.0. The van der Waals surface area contributed by atoms with E-state index in [1.54, 1.807) is 12.1 Å². The summed E-state index contributed by atoms with van der Waals surface area (Å²) in [6.07, 6.45) is 0. The van der Waals surface area contributed by atoms with Crippen LogP contribution in [-0.4, -0.2) is 29.4 Å². The zero-order valence-corrected chi connectivity index (χ0v) is 12.7. The predicted octanol–water partition coefficient (Wildman–Crippen LogP) is 2.88. The maximum Gasteiger partial charge on any atom is 0.342 e. The van der Waals surface area contributed by atoms with Gasteiger partial charge < -0.3 is 24.4 Å². The summed E-state index contributed by atoms with van der Waals surface area (Å²) in [6.45, 7) is 0.810. The molecule has 1 aliphatic rings. The normalized spacial score (nSPS) is 12.7. The summed E-state index contributed by atoms with van der Waals surface area (Å²) in [4.78, 5) is 12.0. The van der Waals surface area contributed by atoms with Crippen molar-refractivity contribution in [2.45, 2.75) is 6.61 Å². The molecule has 2 N–H and O–H groups in total. The first-order valence-electron chi connectivity index (χ1n) is 6.82. The second-order valence-electron chi connectivity index (χ2n) is 4.88. The number of rotatable bonds is 3. The second kappa shape index (κ2) is 6.26. The average molecular weight is 337 g/mol. The molecule has 0 aliphatic carbocycles. The third-order valence-corrected chi connectivity index (χ3v) is 3.51. The van der Waals surface area contributed by atoms with Crippen LogP contribution in [0.25, 0.3) is 0 Å². The zero-order chi connectivity index (χ0) is 16.4. The highest BCUT2D eigenvalue weighted by atomic mass is 35.5. The number of carbonyl (C=O) groups excluding carboxylic acids is 1. The van der Waals surface area contributed by atoms with Crippen LogP contribution < -0.4 is 9.47 Å². The summed E-state index contributed by atoms with van der Waals surface area (Å²) in [5, 5.41) is 19.2. The van der Waals surface area contributed by atoms with Crippen molar-refractivity contribution < 1.29 is 29.2 Å². The van der Waals surface area contributed by atoms with Gasteiger partial charge in [-0.15, -0.1) is 0 Å². The van der Waals surface area contributed by atoms with E-state index >= 15 is 0 Å². The van der Waals surface area contributed by atoms with Crippen molar-refractivity contribution in [2.24, 2.45) is 0 Å². The molecule has 0 saturated heterocycles. The Morgan fingerprint density at radius 2 is 1.96 bits per heavy atom. The monoisotopic (exact) mass is 336 g/mol. The lowest BCUT2D eigenvalue weighted by atomic mass is 10.2. The highest BCUT2D eigenvalue weighted by Crippen LogP contribution is 2.38. The number of carbonyl (C=O) groups is 1. The van der Waals surface area contributed by atoms with Gasteiger partial charge in [0.2, 0.25) is 0 Å². The molecule has 23 heavy (non-hydrogen) atoms. The van der Waals surface area contributed by atoms with Crippen LogP contribution in [0, 0.1) is 0 Å². The van der Waals surface area contributed by atoms with Crippen molar-refractivity contribution in [3.05, 3.63) is 46.5 Å². The smallest absolute Gasteiger partial charge is 0.342 e. The van der Waals surface area contributed by atoms with Crippen LogP contribution >= 0.6 is 11.6 Å². The molecule has 0 radical (unpaired) electrons. The summed E-state index contributed by atoms with van der Waals surface area (Å²) < 4.78 is 16.0. The Labute approximate surface area is 136 Å². The van der Waals surface area contributed by atoms with E-state index in [4.69, 9.17) is 25.8 Å². The quantitative estimate of drug-likeness (QED) is 0.838. The molecule has 2 aromatic rings. The molecule has 7 heteroatoms. The lowest BCUT2D eigenvalue weighted by molar-refractivity contribution is 0.0468. The molecule has 0 fully saturated rings. The Morgan fingerprint density at radius 1 is 1.17 bits per heavy atom. The molecule has 0 amide bonds. The minimum absolute atomic E-state index is 0.0357. The lowest BCUT2D eigenvalue weighted by Crippen LogP contribution is -2.16. The number of ether oxygens (including phenoxy) is 3. The second-order valence-corrected chi connectivity index (χ2v) is 5.29. The van der Waals surface area contributed by atoms with Crippen LogP contribution in [0.4, 0.5) is 0 Å². The van der Waals surface area contributed by atoms with Crippen molar-refractivity contribution in [3.8, 4) is 23.0 Å². The molecule has 0 saturated carbocycles. The predicted molar refractivity (Wildman–Crippen MR) is 81.3 cm³/mol. The van der Waals surface area contributed by atoms with Crippen LogP contribution in [-0.2, 0) is 11.3 Å². The van der Waals surface area contributed by atoms with Gasteiger partial charge in [-0.25, -0.2) is 4.79 Å². The lowest BCUT2D eigenvalue weighted by Gasteiger charge is -2.20. The number of hydrogen-bond acceptors (Lipinski definition) is 6. The molecular weight excluding hydrogens is 324 g/mol. The molecule has 0 unspecified atom stereocenters. The van der Waals surface area contributed by atoms with Crippen LogP contribution in [0.15, 0.2) is 30.3 Å². The van der Waals surface area contributed by atoms with Gasteiger partial charge in [-0.1, -0.05) is 11.6 Å². The fraction of sp³-hybridized carbons (Fsp3) is 0.188. The number of esters is 1. The van der Waals surface area contributed by atoms with Gasteiger partial charge in [-0.2, -0.15) is 0 Å². The molecule has 0 atom stereocenters. The van der Waals surface area contributed by atoms with Crippen LogP contribution in [0.1, 0.15) is 15.9 Å². The summed E-state index contributed by atoms with van der Waals surface area (Å²) in [5.41, 5.74) is 0.595. The van der Waals surface area contributed by atoms with E-state index < -0.39 is 5.97 Å². The Hall–Kier alpha value is -2.60. The van der Waals surface area contributed by atoms with Gasteiger partial charge in [0.1, 0.15) is 36.9 Å². The number of phenols is 2. The molecule has 120 valence electrons. The Balaban J connectivity index is 1.73. The van der Waals surface area contributed by atoms with E-state index in [1.165, 1.54) is 12.1 Å². The summed E-state index contributed by atoms with van der Waals surface area (Å²) in [6, 6.07) is 6.95. The van der Waals surface area contributed by atoms with Gasteiger partial charge in [0, 0.05) is 6.07 Å². The Bertz CT molecular complexity index is 758. The van der Waals surface area contributed by atoms with Gasteiger partial charge >= 0.3 is 5.97 Å². The average Bonchev–Trinajstić information content (AvgIpc) is 2.53. The first-order valence-corrected chi connectivity index (χ1v) is 7.19. The summed E-state index contributed by atoms with van der Waals surface area (Å²) >= 11 is 6.11. The SMILES string of the molecule is O=C(OCc1cc(Cl)c2c(c1)OCCO2)c1ccc(O)cc1O.